The largest absolute Gasteiger partial charge is 0.436 e. The number of carbonyl (C=O) groups is 1. The fourth-order valence-electron chi connectivity index (χ4n) is 3.06. The highest BCUT2D eigenvalue weighted by Gasteiger charge is 2.11. The monoisotopic (exact) mass is 404 g/mol. The number of carbonyl (C=O) groups excluding carboxylic acids is 1. The molecule has 0 unspecified atom stereocenters. The highest BCUT2D eigenvalue weighted by molar-refractivity contribution is 6.31. The predicted octanol–water partition coefficient (Wildman–Crippen LogP) is 6.83. The maximum atomic E-state index is 12.4. The van der Waals surface area contributed by atoms with E-state index in [-0.39, 0.29) is 5.91 Å². The zero-order valence-corrected chi connectivity index (χ0v) is 17.2. The van der Waals surface area contributed by atoms with E-state index in [4.69, 9.17) is 16.0 Å². The van der Waals surface area contributed by atoms with E-state index in [2.05, 4.69) is 36.3 Å². The molecule has 29 heavy (non-hydrogen) atoms. The van der Waals surface area contributed by atoms with Gasteiger partial charge in [-0.1, -0.05) is 37.6 Å². The van der Waals surface area contributed by atoms with Crippen molar-refractivity contribution in [3.63, 3.8) is 0 Å². The molecule has 1 N–H and O–H groups in total. The highest BCUT2D eigenvalue weighted by Crippen LogP contribution is 2.28. The van der Waals surface area contributed by atoms with Crippen LogP contribution in [0.2, 0.25) is 5.02 Å². The highest BCUT2D eigenvalue weighted by atomic mass is 35.5. The number of benzene rings is 3. The van der Waals surface area contributed by atoms with E-state index in [1.165, 1.54) is 5.56 Å². The Morgan fingerprint density at radius 3 is 2.48 bits per heavy atom. The van der Waals surface area contributed by atoms with Crippen LogP contribution < -0.4 is 5.32 Å². The van der Waals surface area contributed by atoms with Crippen LogP contribution in [-0.2, 0) is 0 Å². The Labute approximate surface area is 174 Å². The summed E-state index contributed by atoms with van der Waals surface area (Å²) in [5.74, 6) is 0.790. The van der Waals surface area contributed by atoms with Crippen LogP contribution in [0.4, 0.5) is 5.69 Å². The molecule has 0 saturated heterocycles. The number of rotatable bonds is 4. The standard InChI is InChI=1S/C24H21ClN2O2/c1-14(2)17-8-11-22-21(13-17)27-24(29-22)16-6-9-19(10-7-16)26-23(28)18-5-4-15(3)20(25)12-18/h4-14H,1-3H3,(H,26,28). The van der Waals surface area contributed by atoms with Crippen molar-refractivity contribution >= 4 is 34.3 Å². The van der Waals surface area contributed by atoms with Crippen molar-refractivity contribution < 1.29 is 9.21 Å². The lowest BCUT2D eigenvalue weighted by Gasteiger charge is -2.07. The number of amides is 1. The average Bonchev–Trinajstić information content (AvgIpc) is 3.13. The van der Waals surface area contributed by atoms with Gasteiger partial charge >= 0.3 is 0 Å². The van der Waals surface area contributed by atoms with Gasteiger partial charge in [0.05, 0.1) is 0 Å². The smallest absolute Gasteiger partial charge is 0.255 e. The van der Waals surface area contributed by atoms with E-state index in [0.717, 1.165) is 22.2 Å². The summed E-state index contributed by atoms with van der Waals surface area (Å²) in [6.45, 7) is 6.21. The number of anilines is 1. The third-order valence-corrected chi connectivity index (χ3v) is 5.31. The van der Waals surface area contributed by atoms with Crippen molar-refractivity contribution in [3.05, 3.63) is 82.4 Å². The van der Waals surface area contributed by atoms with Crippen LogP contribution in [0.5, 0.6) is 0 Å². The normalized spacial score (nSPS) is 11.2. The van der Waals surface area contributed by atoms with Crippen molar-refractivity contribution in [2.45, 2.75) is 26.7 Å². The number of hydrogen-bond donors (Lipinski definition) is 1. The first-order valence-corrected chi connectivity index (χ1v) is 9.87. The van der Waals surface area contributed by atoms with Gasteiger partial charge in [-0.2, -0.15) is 0 Å². The van der Waals surface area contributed by atoms with Crippen LogP contribution >= 0.6 is 11.6 Å². The number of nitrogens with one attached hydrogen (secondary N) is 1. The van der Waals surface area contributed by atoms with Crippen molar-refractivity contribution in [1.29, 1.82) is 0 Å². The van der Waals surface area contributed by atoms with E-state index in [9.17, 15) is 4.79 Å². The van der Waals surface area contributed by atoms with Crippen molar-refractivity contribution in [2.75, 3.05) is 5.32 Å². The van der Waals surface area contributed by atoms with Crippen LogP contribution in [0.1, 0.15) is 41.3 Å². The molecular formula is C24H21ClN2O2. The Kier molecular flexibility index (Phi) is 5.12. The number of aryl methyl sites for hydroxylation is 1. The summed E-state index contributed by atoms with van der Waals surface area (Å²) in [4.78, 5) is 17.0. The Morgan fingerprint density at radius 1 is 1.03 bits per heavy atom. The zero-order valence-electron chi connectivity index (χ0n) is 16.5. The lowest BCUT2D eigenvalue weighted by Crippen LogP contribution is -2.11. The maximum absolute atomic E-state index is 12.4. The summed E-state index contributed by atoms with van der Waals surface area (Å²) >= 11 is 6.11. The number of aromatic nitrogens is 1. The van der Waals surface area contributed by atoms with Gasteiger partial charge in [0.25, 0.3) is 5.91 Å². The first-order valence-electron chi connectivity index (χ1n) is 9.49. The van der Waals surface area contributed by atoms with E-state index in [1.54, 1.807) is 12.1 Å². The fraction of sp³-hybridized carbons (Fsp3) is 0.167. The molecule has 0 aliphatic carbocycles. The average molecular weight is 405 g/mol. The fourth-order valence-corrected chi connectivity index (χ4v) is 3.24. The molecular weight excluding hydrogens is 384 g/mol. The first-order chi connectivity index (χ1) is 13.9. The molecule has 0 aliphatic rings. The van der Waals surface area contributed by atoms with E-state index < -0.39 is 0 Å². The van der Waals surface area contributed by atoms with Crippen LogP contribution in [-0.4, -0.2) is 10.9 Å². The molecule has 0 radical (unpaired) electrons. The molecule has 0 spiro atoms. The Balaban J connectivity index is 1.53. The van der Waals surface area contributed by atoms with Gasteiger partial charge in [0.1, 0.15) is 5.52 Å². The van der Waals surface area contributed by atoms with Crippen LogP contribution in [0.3, 0.4) is 0 Å². The van der Waals surface area contributed by atoms with Crippen LogP contribution in [0.25, 0.3) is 22.6 Å². The Morgan fingerprint density at radius 2 is 1.79 bits per heavy atom. The Bertz CT molecular complexity index is 1190. The maximum Gasteiger partial charge on any atom is 0.255 e. The molecule has 0 bridgehead atoms. The molecule has 4 aromatic rings. The molecule has 0 atom stereocenters. The summed E-state index contributed by atoms with van der Waals surface area (Å²) in [6.07, 6.45) is 0. The molecule has 1 amide bonds. The molecule has 4 nitrogen and oxygen atoms in total. The summed E-state index contributed by atoms with van der Waals surface area (Å²) in [6, 6.07) is 18.8. The minimum Gasteiger partial charge on any atom is -0.436 e. The predicted molar refractivity (Wildman–Crippen MR) is 118 cm³/mol. The molecule has 0 fully saturated rings. The molecule has 3 aromatic carbocycles. The number of halogens is 1. The van der Waals surface area contributed by atoms with Crippen molar-refractivity contribution in [2.24, 2.45) is 0 Å². The summed E-state index contributed by atoms with van der Waals surface area (Å²) in [7, 11) is 0. The SMILES string of the molecule is Cc1ccc(C(=O)Nc2ccc(-c3nc4cc(C(C)C)ccc4o3)cc2)cc1Cl. The third-order valence-electron chi connectivity index (χ3n) is 4.90. The van der Waals surface area contributed by atoms with Crippen molar-refractivity contribution in [1.82, 2.24) is 4.98 Å². The minimum atomic E-state index is -0.206. The molecule has 5 heteroatoms. The van der Waals surface area contributed by atoms with Gasteiger partial charge in [-0.25, -0.2) is 4.98 Å². The summed E-state index contributed by atoms with van der Waals surface area (Å²) < 4.78 is 5.89. The van der Waals surface area contributed by atoms with Crippen LogP contribution in [0.15, 0.2) is 65.1 Å². The molecule has 1 aromatic heterocycles. The van der Waals surface area contributed by atoms with E-state index >= 15 is 0 Å². The third kappa shape index (κ3) is 4.03. The van der Waals surface area contributed by atoms with Gasteiger partial charge in [-0.3, -0.25) is 4.79 Å². The Hall–Kier alpha value is -3.11. The number of oxazole rings is 1. The van der Waals surface area contributed by atoms with Gasteiger partial charge < -0.3 is 9.73 Å². The molecule has 1 heterocycles. The second kappa shape index (κ2) is 7.72. The molecule has 0 saturated carbocycles. The first kappa shape index (κ1) is 19.2. The van der Waals surface area contributed by atoms with E-state index in [1.807, 2.05) is 43.3 Å². The molecule has 0 aliphatic heterocycles. The van der Waals surface area contributed by atoms with Gasteiger partial charge in [0.2, 0.25) is 5.89 Å². The lowest BCUT2D eigenvalue weighted by atomic mass is 10.0. The van der Waals surface area contributed by atoms with Gasteiger partial charge in [0.15, 0.2) is 5.58 Å². The van der Waals surface area contributed by atoms with Gasteiger partial charge in [0, 0.05) is 21.8 Å². The second-order valence-electron chi connectivity index (χ2n) is 7.40. The van der Waals surface area contributed by atoms with Gasteiger partial charge in [-0.15, -0.1) is 0 Å². The topological polar surface area (TPSA) is 55.1 Å². The number of hydrogen-bond acceptors (Lipinski definition) is 3. The van der Waals surface area contributed by atoms with Crippen LogP contribution in [0, 0.1) is 6.92 Å². The van der Waals surface area contributed by atoms with E-state index in [0.29, 0.717) is 28.1 Å². The van der Waals surface area contributed by atoms with Crippen molar-refractivity contribution in [3.8, 4) is 11.5 Å². The zero-order chi connectivity index (χ0) is 20.5. The molecule has 146 valence electrons. The lowest BCUT2D eigenvalue weighted by molar-refractivity contribution is 0.102. The molecule has 4 rings (SSSR count). The van der Waals surface area contributed by atoms with Gasteiger partial charge in [-0.05, 0) is 72.5 Å². The quantitative estimate of drug-likeness (QED) is 0.405. The number of fused-ring (bicyclic) bond motifs is 1. The number of nitrogens with zero attached hydrogens (tertiary/aromatic N) is 1. The second-order valence-corrected chi connectivity index (χ2v) is 7.80. The summed E-state index contributed by atoms with van der Waals surface area (Å²) in [5, 5.41) is 3.46. The summed E-state index contributed by atoms with van der Waals surface area (Å²) in [5.41, 5.74) is 5.83. The minimum absolute atomic E-state index is 0.206.